The van der Waals surface area contributed by atoms with Crippen LogP contribution in [-0.2, 0) is 5.79 Å². The highest BCUT2D eigenvalue weighted by Gasteiger charge is 2.42. The smallest absolute Gasteiger partial charge is 0.210 e. The van der Waals surface area contributed by atoms with E-state index in [-0.39, 0.29) is 0 Å². The standard InChI is InChI=1S/C15H9F4N4/c1-15(23-6-20-7-4-2-3-5-8(7)23)21-13-11(18)9(16)10(17)12(19)14(13)22-15/h2-6,21H,1H3. The first-order chi connectivity index (χ1) is 10.9. The minimum atomic E-state index is -1.88. The van der Waals surface area contributed by atoms with Crippen LogP contribution in [0.25, 0.3) is 11.0 Å². The molecule has 1 unspecified atom stereocenters. The number of aromatic nitrogens is 2. The molecule has 0 saturated carbocycles. The summed E-state index contributed by atoms with van der Waals surface area (Å²) in [4.78, 5) is 4.18. The molecule has 3 aromatic rings. The fourth-order valence-electron chi connectivity index (χ4n) is 2.74. The number of para-hydroxylation sites is 2. The lowest BCUT2D eigenvalue weighted by Crippen LogP contribution is -2.40. The molecule has 1 aliphatic heterocycles. The lowest BCUT2D eigenvalue weighted by Gasteiger charge is -2.26. The first-order valence-corrected chi connectivity index (χ1v) is 6.72. The summed E-state index contributed by atoms with van der Waals surface area (Å²) in [5, 5.41) is 6.65. The number of halogens is 4. The maximum absolute atomic E-state index is 13.9. The molecule has 2 heterocycles. The molecule has 23 heavy (non-hydrogen) atoms. The molecule has 0 bridgehead atoms. The third kappa shape index (κ3) is 1.74. The number of benzene rings is 2. The Kier molecular flexibility index (Phi) is 2.64. The highest BCUT2D eigenvalue weighted by atomic mass is 19.2. The van der Waals surface area contributed by atoms with Gasteiger partial charge >= 0.3 is 0 Å². The molecule has 0 spiro atoms. The topological polar surface area (TPSA) is 44.0 Å². The highest BCUT2D eigenvalue weighted by molar-refractivity contribution is 5.77. The molecule has 0 aliphatic carbocycles. The third-order valence-electron chi connectivity index (χ3n) is 3.86. The summed E-state index contributed by atoms with van der Waals surface area (Å²) in [6.45, 7) is 1.52. The zero-order valence-electron chi connectivity index (χ0n) is 11.7. The van der Waals surface area contributed by atoms with Crippen molar-refractivity contribution < 1.29 is 17.6 Å². The van der Waals surface area contributed by atoms with Gasteiger partial charge in [0.15, 0.2) is 23.3 Å². The lowest BCUT2D eigenvalue weighted by molar-refractivity contribution is 0.344. The van der Waals surface area contributed by atoms with Crippen molar-refractivity contribution in [2.45, 2.75) is 12.7 Å². The quantitative estimate of drug-likeness (QED) is 0.423. The predicted molar refractivity (Wildman–Crippen MR) is 75.1 cm³/mol. The number of nitrogens with one attached hydrogen (secondary N) is 1. The van der Waals surface area contributed by atoms with Gasteiger partial charge in [0.1, 0.15) is 11.4 Å². The SMILES string of the molecule is CC1(n2cnc3ccccc32)[N]c2c(F)c(F)c(F)c(F)c2N1. The van der Waals surface area contributed by atoms with Crippen LogP contribution in [0, 0.1) is 23.3 Å². The fourth-order valence-corrected chi connectivity index (χ4v) is 2.74. The van der Waals surface area contributed by atoms with Gasteiger partial charge in [-0.3, -0.25) is 4.57 Å². The van der Waals surface area contributed by atoms with E-state index in [0.29, 0.717) is 11.0 Å². The summed E-state index contributed by atoms with van der Waals surface area (Å²) >= 11 is 0. The molecule has 117 valence electrons. The zero-order chi connectivity index (χ0) is 16.4. The van der Waals surface area contributed by atoms with Crippen molar-refractivity contribution in [1.82, 2.24) is 14.9 Å². The van der Waals surface area contributed by atoms with Crippen molar-refractivity contribution in [2.75, 3.05) is 5.32 Å². The van der Waals surface area contributed by atoms with E-state index in [1.165, 1.54) is 17.8 Å². The van der Waals surface area contributed by atoms with Crippen LogP contribution in [0.4, 0.5) is 28.9 Å². The number of nitrogens with zero attached hydrogens (tertiary/aromatic N) is 3. The summed E-state index contributed by atoms with van der Waals surface area (Å²) in [7, 11) is 0. The van der Waals surface area contributed by atoms with Gasteiger partial charge in [-0.2, -0.15) is 0 Å². The van der Waals surface area contributed by atoms with E-state index in [1.54, 1.807) is 24.3 Å². The average Bonchev–Trinajstić information content (AvgIpc) is 3.13. The van der Waals surface area contributed by atoms with E-state index in [0.717, 1.165) is 0 Å². The van der Waals surface area contributed by atoms with Gasteiger partial charge in [-0.25, -0.2) is 27.9 Å². The van der Waals surface area contributed by atoms with Crippen molar-refractivity contribution in [3.63, 3.8) is 0 Å². The fraction of sp³-hybridized carbons (Fsp3) is 0.133. The van der Waals surface area contributed by atoms with Crippen LogP contribution in [0.2, 0.25) is 0 Å². The summed E-state index contributed by atoms with van der Waals surface area (Å²) in [6, 6.07) is 7.08. The second-order valence-electron chi connectivity index (χ2n) is 5.34. The van der Waals surface area contributed by atoms with E-state index < -0.39 is 40.4 Å². The van der Waals surface area contributed by atoms with Gasteiger partial charge in [0.25, 0.3) is 0 Å². The average molecular weight is 321 g/mol. The summed E-state index contributed by atoms with van der Waals surface area (Å²) in [6.07, 6.45) is 1.44. The highest BCUT2D eigenvalue weighted by Crippen LogP contribution is 2.43. The van der Waals surface area contributed by atoms with E-state index in [9.17, 15) is 17.6 Å². The molecule has 2 aromatic carbocycles. The van der Waals surface area contributed by atoms with E-state index in [4.69, 9.17) is 0 Å². The summed E-state index contributed by atoms with van der Waals surface area (Å²) < 4.78 is 56.2. The van der Waals surface area contributed by atoms with Crippen molar-refractivity contribution >= 4 is 22.4 Å². The lowest BCUT2D eigenvalue weighted by atomic mass is 10.2. The zero-order valence-corrected chi connectivity index (χ0v) is 11.7. The molecule has 1 atom stereocenters. The molecule has 4 nitrogen and oxygen atoms in total. The minimum absolute atomic E-state index is 0.512. The molecule has 1 aliphatic rings. The molecular formula is C15H9F4N4. The van der Waals surface area contributed by atoms with Crippen LogP contribution < -0.4 is 10.6 Å². The Balaban J connectivity index is 1.89. The van der Waals surface area contributed by atoms with Crippen LogP contribution in [0.5, 0.6) is 0 Å². The maximum Gasteiger partial charge on any atom is 0.210 e. The Bertz CT molecular complexity index is 913. The Morgan fingerprint density at radius 1 is 1.00 bits per heavy atom. The Morgan fingerprint density at radius 2 is 1.70 bits per heavy atom. The van der Waals surface area contributed by atoms with Gasteiger partial charge < -0.3 is 5.32 Å². The number of hydrogen-bond donors (Lipinski definition) is 1. The second kappa shape index (κ2) is 4.37. The molecule has 1 radical (unpaired) electrons. The van der Waals surface area contributed by atoms with Gasteiger partial charge in [0.2, 0.25) is 5.79 Å². The van der Waals surface area contributed by atoms with Gasteiger partial charge in [-0.1, -0.05) is 12.1 Å². The van der Waals surface area contributed by atoms with E-state index >= 15 is 0 Å². The third-order valence-corrected chi connectivity index (χ3v) is 3.86. The van der Waals surface area contributed by atoms with Crippen LogP contribution in [0.3, 0.4) is 0 Å². The first kappa shape index (κ1) is 13.9. The van der Waals surface area contributed by atoms with Crippen LogP contribution in [0.15, 0.2) is 30.6 Å². The Hall–Kier alpha value is -2.77. The summed E-state index contributed by atoms with van der Waals surface area (Å²) in [5.74, 6) is -8.15. The second-order valence-corrected chi connectivity index (χ2v) is 5.34. The number of rotatable bonds is 1. The van der Waals surface area contributed by atoms with Crippen molar-refractivity contribution in [3.8, 4) is 0 Å². The van der Waals surface area contributed by atoms with Crippen molar-refractivity contribution in [2.24, 2.45) is 0 Å². The number of fused-ring (bicyclic) bond motifs is 2. The van der Waals surface area contributed by atoms with E-state index in [1.807, 2.05) is 0 Å². The van der Waals surface area contributed by atoms with Gasteiger partial charge in [-0.05, 0) is 19.1 Å². The first-order valence-electron chi connectivity index (χ1n) is 6.72. The molecule has 8 heteroatoms. The predicted octanol–water partition coefficient (Wildman–Crippen LogP) is 3.58. The Labute approximate surface area is 127 Å². The molecule has 4 rings (SSSR count). The molecule has 1 aromatic heterocycles. The minimum Gasteiger partial charge on any atom is -0.340 e. The van der Waals surface area contributed by atoms with E-state index in [2.05, 4.69) is 15.6 Å². The van der Waals surface area contributed by atoms with Crippen molar-refractivity contribution in [1.29, 1.82) is 0 Å². The molecule has 0 amide bonds. The normalized spacial score (nSPS) is 15.3. The molecule has 1 N–H and O–H groups in total. The molecule has 0 fully saturated rings. The number of imidazole rings is 1. The summed E-state index contributed by atoms with van der Waals surface area (Å²) in [5.41, 5.74) is 0.212. The van der Waals surface area contributed by atoms with Gasteiger partial charge in [0.05, 0.1) is 17.4 Å². The van der Waals surface area contributed by atoms with Crippen LogP contribution in [0.1, 0.15) is 6.92 Å². The van der Waals surface area contributed by atoms with Crippen LogP contribution >= 0.6 is 0 Å². The Morgan fingerprint density at radius 3 is 2.48 bits per heavy atom. The number of hydrogen-bond acceptors (Lipinski definition) is 2. The van der Waals surface area contributed by atoms with Crippen LogP contribution in [-0.4, -0.2) is 9.55 Å². The monoisotopic (exact) mass is 321 g/mol. The number of anilines is 1. The maximum atomic E-state index is 13.9. The largest absolute Gasteiger partial charge is 0.340 e. The van der Waals surface area contributed by atoms with Gasteiger partial charge in [0, 0.05) is 0 Å². The van der Waals surface area contributed by atoms with Gasteiger partial charge in [-0.15, -0.1) is 0 Å². The molecular weight excluding hydrogens is 312 g/mol. The van der Waals surface area contributed by atoms with Crippen molar-refractivity contribution in [3.05, 3.63) is 53.9 Å². The molecule has 0 saturated heterocycles.